The van der Waals surface area contributed by atoms with E-state index in [0.29, 0.717) is 16.3 Å². The smallest absolute Gasteiger partial charge is 0.353 e. The van der Waals surface area contributed by atoms with Crippen LogP contribution < -0.4 is 4.74 Å². The topological polar surface area (TPSA) is 101 Å². The number of hydrazine groups is 1. The third-order valence-corrected chi connectivity index (χ3v) is 12.6. The van der Waals surface area contributed by atoms with Crippen molar-refractivity contribution in [3.8, 4) is 5.75 Å². The molecule has 0 spiro atoms. The van der Waals surface area contributed by atoms with Crippen molar-refractivity contribution in [3.05, 3.63) is 86.0 Å². The number of carbonyl (C=O) groups is 5. The van der Waals surface area contributed by atoms with E-state index in [4.69, 9.17) is 27.9 Å². The minimum absolute atomic E-state index is 0.00405. The average molecular weight is 755 g/mol. The van der Waals surface area contributed by atoms with Gasteiger partial charge in [0.2, 0.25) is 0 Å². The highest BCUT2D eigenvalue weighted by Crippen LogP contribution is 2.60. The zero-order valence-electron chi connectivity index (χ0n) is 21.4. The van der Waals surface area contributed by atoms with Gasteiger partial charge in [0.15, 0.2) is 5.78 Å². The van der Waals surface area contributed by atoms with E-state index in [1.807, 2.05) is 0 Å². The third-order valence-electron chi connectivity index (χ3n) is 8.00. The van der Waals surface area contributed by atoms with E-state index in [1.165, 1.54) is 53.8 Å². The van der Waals surface area contributed by atoms with Crippen LogP contribution in [0.25, 0.3) is 0 Å². The number of fused-ring (bicyclic) bond motifs is 5. The number of hydrogen-bond acceptors (Lipinski definition) is 7. The highest BCUT2D eigenvalue weighted by atomic mass is 79.9. The number of imide groups is 1. The van der Waals surface area contributed by atoms with Gasteiger partial charge in [0.05, 0.1) is 22.4 Å². The molecule has 2 saturated carbocycles. The van der Waals surface area contributed by atoms with Crippen molar-refractivity contribution < 1.29 is 28.7 Å². The number of hydrogen-bond donors (Lipinski definition) is 0. The SMILES string of the molecule is O=C(CN(C(=O)c1ccc(Cl)cc1Cl)N1C(=O)[C@@H]2[C@H]3C[C@@H]([C@H](Br)[C@H]3Br)[C@@H]2C1=O)c1ccc(OC(=O)c2cccs2)cc1. The van der Waals surface area contributed by atoms with E-state index >= 15 is 0 Å². The molecule has 3 aromatic rings. The first-order valence-corrected chi connectivity index (χ1v) is 16.3. The molecule has 6 rings (SSSR count). The molecular formula is C29H20Br2Cl2N2O6S. The van der Waals surface area contributed by atoms with Crippen LogP contribution in [-0.4, -0.2) is 55.7 Å². The summed E-state index contributed by atoms with van der Waals surface area (Å²) >= 11 is 20.9. The van der Waals surface area contributed by atoms with Gasteiger partial charge in [-0.25, -0.2) is 9.80 Å². The maximum absolute atomic E-state index is 13.9. The van der Waals surface area contributed by atoms with Gasteiger partial charge in [0.1, 0.15) is 17.2 Å². The second-order valence-electron chi connectivity index (χ2n) is 10.3. The van der Waals surface area contributed by atoms with Crippen molar-refractivity contribution in [2.75, 3.05) is 6.54 Å². The molecule has 2 aromatic carbocycles. The molecule has 216 valence electrons. The standard InChI is InChI=1S/C29H20Br2Cl2N2O6S/c30-24-17-11-18(25(24)31)23-22(17)27(38)35(28(23)39)34(26(37)16-8-5-14(32)10-19(16)33)12-20(36)13-3-6-15(7-4-13)41-29(40)21-2-1-9-42-21/h1-10,17-18,22-25H,11-12H2/t17-,18-,22-,23+,24+,25+/m1/s1. The largest absolute Gasteiger partial charge is 0.422 e. The average Bonchev–Trinajstić information content (AvgIpc) is 3.74. The van der Waals surface area contributed by atoms with Crippen LogP contribution in [0.3, 0.4) is 0 Å². The first kappa shape index (κ1) is 29.5. The number of nitrogens with zero attached hydrogens (tertiary/aromatic N) is 2. The van der Waals surface area contributed by atoms with E-state index in [-0.39, 0.29) is 43.4 Å². The minimum Gasteiger partial charge on any atom is -0.422 e. The lowest BCUT2D eigenvalue weighted by molar-refractivity contribution is -0.154. The Morgan fingerprint density at radius 1 is 0.952 bits per heavy atom. The number of esters is 1. The Morgan fingerprint density at radius 3 is 2.17 bits per heavy atom. The Balaban J connectivity index is 1.28. The van der Waals surface area contributed by atoms with Gasteiger partial charge >= 0.3 is 5.97 Å². The van der Waals surface area contributed by atoms with Crippen LogP contribution in [0.1, 0.15) is 36.8 Å². The summed E-state index contributed by atoms with van der Waals surface area (Å²) in [4.78, 5) is 67.6. The Bertz CT molecular complexity index is 1590. The lowest BCUT2D eigenvalue weighted by atomic mass is 9.81. The molecule has 1 aromatic heterocycles. The van der Waals surface area contributed by atoms with E-state index in [2.05, 4.69) is 31.9 Å². The lowest BCUT2D eigenvalue weighted by Gasteiger charge is -2.31. The molecule has 1 aliphatic heterocycles. The Morgan fingerprint density at radius 2 is 1.60 bits per heavy atom. The molecule has 2 aliphatic carbocycles. The van der Waals surface area contributed by atoms with Crippen molar-refractivity contribution in [1.29, 1.82) is 0 Å². The summed E-state index contributed by atoms with van der Waals surface area (Å²) in [5.41, 5.74) is 0.174. The van der Waals surface area contributed by atoms with Gasteiger partial charge in [-0.3, -0.25) is 19.2 Å². The van der Waals surface area contributed by atoms with Gasteiger partial charge in [0, 0.05) is 20.2 Å². The fraction of sp³-hybridized carbons (Fsp3) is 0.276. The second-order valence-corrected chi connectivity index (χ2v) is 14.2. The van der Waals surface area contributed by atoms with E-state index in [9.17, 15) is 24.0 Å². The van der Waals surface area contributed by atoms with Crippen molar-refractivity contribution in [1.82, 2.24) is 10.0 Å². The summed E-state index contributed by atoms with van der Waals surface area (Å²) in [5, 5.41) is 3.79. The summed E-state index contributed by atoms with van der Waals surface area (Å²) in [6, 6.07) is 13.4. The first-order chi connectivity index (χ1) is 20.1. The Kier molecular flexibility index (Phi) is 8.08. The van der Waals surface area contributed by atoms with Crippen molar-refractivity contribution in [3.63, 3.8) is 0 Å². The number of carbonyl (C=O) groups excluding carboxylic acids is 5. The molecule has 2 bridgehead atoms. The molecule has 0 unspecified atom stereocenters. The molecule has 6 atom stereocenters. The van der Waals surface area contributed by atoms with Crippen molar-refractivity contribution in [2.24, 2.45) is 23.7 Å². The van der Waals surface area contributed by atoms with Gasteiger partial charge in [-0.2, -0.15) is 5.01 Å². The van der Waals surface area contributed by atoms with Gasteiger partial charge < -0.3 is 4.74 Å². The first-order valence-electron chi connectivity index (χ1n) is 12.9. The number of benzene rings is 2. The predicted octanol–water partition coefficient (Wildman–Crippen LogP) is 6.29. The molecule has 2 heterocycles. The molecule has 13 heteroatoms. The molecule has 3 aliphatic rings. The van der Waals surface area contributed by atoms with Gasteiger partial charge in [-0.1, -0.05) is 61.1 Å². The van der Waals surface area contributed by atoms with Gasteiger partial charge in [0.25, 0.3) is 17.7 Å². The van der Waals surface area contributed by atoms with Crippen LogP contribution in [0.2, 0.25) is 10.0 Å². The van der Waals surface area contributed by atoms with E-state index in [0.717, 1.165) is 10.0 Å². The molecule has 42 heavy (non-hydrogen) atoms. The summed E-state index contributed by atoms with van der Waals surface area (Å²) in [6.45, 7) is -0.603. The number of halogens is 4. The molecule has 8 nitrogen and oxygen atoms in total. The number of amides is 3. The quantitative estimate of drug-likeness (QED) is 0.0925. The van der Waals surface area contributed by atoms with Gasteiger partial charge in [-0.15, -0.1) is 11.3 Å². The minimum atomic E-state index is -0.786. The number of ether oxygens (including phenoxy) is 1. The third kappa shape index (κ3) is 5.02. The van der Waals surface area contributed by atoms with E-state index in [1.54, 1.807) is 17.5 Å². The lowest BCUT2D eigenvalue weighted by Crippen LogP contribution is -2.52. The highest BCUT2D eigenvalue weighted by Gasteiger charge is 2.67. The van der Waals surface area contributed by atoms with Crippen molar-refractivity contribution in [2.45, 2.75) is 16.1 Å². The predicted molar refractivity (Wildman–Crippen MR) is 163 cm³/mol. The number of thiophene rings is 1. The monoisotopic (exact) mass is 752 g/mol. The number of alkyl halides is 2. The molecule has 3 amide bonds. The fourth-order valence-corrected chi connectivity index (χ4v) is 9.06. The summed E-state index contributed by atoms with van der Waals surface area (Å²) in [7, 11) is 0. The summed E-state index contributed by atoms with van der Waals surface area (Å²) < 4.78 is 5.35. The zero-order valence-corrected chi connectivity index (χ0v) is 26.9. The van der Waals surface area contributed by atoms with Gasteiger partial charge in [-0.05, 0) is 72.2 Å². The molecular weight excluding hydrogens is 735 g/mol. The van der Waals surface area contributed by atoms with Crippen LogP contribution in [0, 0.1) is 23.7 Å². The fourth-order valence-electron chi connectivity index (χ4n) is 6.09. The number of Topliss-reactive ketones (excluding diaryl/α,β-unsaturated/α-hetero) is 1. The van der Waals surface area contributed by atoms with Crippen LogP contribution in [0.5, 0.6) is 5.75 Å². The molecule has 1 saturated heterocycles. The Labute approximate surface area is 271 Å². The maximum Gasteiger partial charge on any atom is 0.353 e. The normalized spacial score (nSPS) is 26.0. The molecule has 0 radical (unpaired) electrons. The molecule has 0 N–H and O–H groups in total. The maximum atomic E-state index is 13.9. The van der Waals surface area contributed by atoms with Crippen LogP contribution in [-0.2, 0) is 9.59 Å². The summed E-state index contributed by atoms with van der Waals surface area (Å²) in [5.74, 6) is -3.99. The van der Waals surface area contributed by atoms with Crippen LogP contribution >= 0.6 is 66.4 Å². The second kappa shape index (κ2) is 11.5. The number of rotatable bonds is 7. The van der Waals surface area contributed by atoms with E-state index < -0.39 is 47.9 Å². The summed E-state index contributed by atoms with van der Waals surface area (Å²) in [6.07, 6.45) is 0.714. The van der Waals surface area contributed by atoms with Crippen LogP contribution in [0.4, 0.5) is 0 Å². The van der Waals surface area contributed by atoms with Crippen LogP contribution in [0.15, 0.2) is 60.0 Å². The number of ketones is 1. The Hall–Kier alpha value is -2.57. The molecule has 3 fully saturated rings. The zero-order chi connectivity index (χ0) is 29.9. The highest BCUT2D eigenvalue weighted by molar-refractivity contribution is 9.12. The van der Waals surface area contributed by atoms with Crippen molar-refractivity contribution >= 4 is 95.9 Å².